The van der Waals surface area contributed by atoms with Gasteiger partial charge in [0.05, 0.1) is 13.0 Å². The van der Waals surface area contributed by atoms with Gasteiger partial charge in [-0.1, -0.05) is 25.7 Å². The Morgan fingerprint density at radius 2 is 1.93 bits per heavy atom. The van der Waals surface area contributed by atoms with Crippen LogP contribution in [-0.2, 0) is 9.53 Å². The zero-order valence-corrected chi connectivity index (χ0v) is 9.71. The molecule has 0 radical (unpaired) electrons. The summed E-state index contributed by atoms with van der Waals surface area (Å²) >= 11 is 0. The second-order valence-corrected chi connectivity index (χ2v) is 4.42. The van der Waals surface area contributed by atoms with Gasteiger partial charge in [-0.15, -0.1) is 0 Å². The lowest BCUT2D eigenvalue weighted by atomic mass is 9.90. The van der Waals surface area contributed by atoms with Crippen molar-refractivity contribution in [1.82, 2.24) is 0 Å². The van der Waals surface area contributed by atoms with E-state index in [-0.39, 0.29) is 12.0 Å². The van der Waals surface area contributed by atoms with E-state index in [2.05, 4.69) is 0 Å². The third kappa shape index (κ3) is 4.65. The highest BCUT2D eigenvalue weighted by Crippen LogP contribution is 2.25. The molecule has 15 heavy (non-hydrogen) atoms. The molecule has 88 valence electrons. The molecule has 2 N–H and O–H groups in total. The fourth-order valence-electron chi connectivity index (χ4n) is 2.32. The van der Waals surface area contributed by atoms with E-state index in [9.17, 15) is 4.79 Å². The van der Waals surface area contributed by atoms with Crippen LogP contribution in [0.25, 0.3) is 0 Å². The summed E-state index contributed by atoms with van der Waals surface area (Å²) in [5.41, 5.74) is 6.05. The van der Waals surface area contributed by atoms with Crippen molar-refractivity contribution in [1.29, 1.82) is 0 Å². The SMILES string of the molecule is CCOC(=O)C[C@H](N)C1CCCCCC1. The van der Waals surface area contributed by atoms with Crippen LogP contribution in [0, 0.1) is 5.92 Å². The summed E-state index contributed by atoms with van der Waals surface area (Å²) in [4.78, 5) is 11.3. The lowest BCUT2D eigenvalue weighted by Crippen LogP contribution is -2.33. The van der Waals surface area contributed by atoms with Crippen LogP contribution in [0.3, 0.4) is 0 Å². The molecule has 1 atom stereocenters. The average molecular weight is 213 g/mol. The molecule has 3 nitrogen and oxygen atoms in total. The number of rotatable bonds is 4. The normalized spacial score (nSPS) is 20.7. The third-order valence-electron chi connectivity index (χ3n) is 3.21. The monoisotopic (exact) mass is 213 g/mol. The summed E-state index contributed by atoms with van der Waals surface area (Å²) in [5, 5.41) is 0. The summed E-state index contributed by atoms with van der Waals surface area (Å²) < 4.78 is 4.92. The minimum atomic E-state index is -0.144. The standard InChI is InChI=1S/C12H23NO2/c1-2-15-12(14)9-11(13)10-7-5-3-4-6-8-10/h10-11H,2-9,13H2,1H3/t11-/m0/s1. The van der Waals surface area contributed by atoms with Gasteiger partial charge in [-0.2, -0.15) is 0 Å². The van der Waals surface area contributed by atoms with Crippen molar-refractivity contribution in [2.75, 3.05) is 6.61 Å². The first kappa shape index (κ1) is 12.5. The number of ether oxygens (including phenoxy) is 1. The molecule has 0 aromatic rings. The topological polar surface area (TPSA) is 52.3 Å². The summed E-state index contributed by atoms with van der Waals surface area (Å²) in [6.45, 7) is 2.28. The van der Waals surface area contributed by atoms with Gasteiger partial charge in [0.2, 0.25) is 0 Å². The summed E-state index contributed by atoms with van der Waals surface area (Å²) in [7, 11) is 0. The Hall–Kier alpha value is -0.570. The van der Waals surface area contributed by atoms with E-state index in [0.717, 1.165) is 0 Å². The predicted molar refractivity (Wildman–Crippen MR) is 60.4 cm³/mol. The van der Waals surface area contributed by atoms with Crippen molar-refractivity contribution >= 4 is 5.97 Å². The summed E-state index contributed by atoms with van der Waals surface area (Å²) in [6, 6.07) is 0.00199. The van der Waals surface area contributed by atoms with Crippen molar-refractivity contribution in [2.24, 2.45) is 11.7 Å². The van der Waals surface area contributed by atoms with E-state index in [1.54, 1.807) is 0 Å². The van der Waals surface area contributed by atoms with E-state index in [1.807, 2.05) is 6.92 Å². The second kappa shape index (κ2) is 6.83. The lowest BCUT2D eigenvalue weighted by molar-refractivity contribution is -0.143. The number of nitrogens with two attached hydrogens (primary N) is 1. The number of esters is 1. The van der Waals surface area contributed by atoms with Crippen molar-refractivity contribution in [3.63, 3.8) is 0 Å². The minimum absolute atomic E-state index is 0.00199. The van der Waals surface area contributed by atoms with E-state index in [1.165, 1.54) is 38.5 Å². The molecule has 0 bridgehead atoms. The van der Waals surface area contributed by atoms with Crippen LogP contribution < -0.4 is 5.73 Å². The van der Waals surface area contributed by atoms with Gasteiger partial charge >= 0.3 is 5.97 Å². The number of carbonyl (C=O) groups excluding carboxylic acids is 1. The molecule has 0 heterocycles. The Morgan fingerprint density at radius 1 is 1.33 bits per heavy atom. The van der Waals surface area contributed by atoms with Crippen LogP contribution in [0.2, 0.25) is 0 Å². The van der Waals surface area contributed by atoms with Crippen LogP contribution in [0.1, 0.15) is 51.9 Å². The molecule has 3 heteroatoms. The van der Waals surface area contributed by atoms with Gasteiger partial charge in [-0.3, -0.25) is 4.79 Å². The van der Waals surface area contributed by atoms with E-state index in [0.29, 0.717) is 18.9 Å². The van der Waals surface area contributed by atoms with Crippen molar-refractivity contribution in [2.45, 2.75) is 57.9 Å². The molecule has 0 aromatic heterocycles. The molecule has 0 spiro atoms. The molecule has 0 unspecified atom stereocenters. The van der Waals surface area contributed by atoms with Gasteiger partial charge in [-0.05, 0) is 25.7 Å². The van der Waals surface area contributed by atoms with Gasteiger partial charge in [0.25, 0.3) is 0 Å². The fourth-order valence-corrected chi connectivity index (χ4v) is 2.32. The average Bonchev–Trinajstić information content (AvgIpc) is 2.45. The summed E-state index contributed by atoms with van der Waals surface area (Å²) in [5.74, 6) is 0.381. The quantitative estimate of drug-likeness (QED) is 0.575. The Bertz CT molecular complexity index is 186. The van der Waals surface area contributed by atoms with Crippen LogP contribution in [-0.4, -0.2) is 18.6 Å². The Labute approximate surface area is 92.4 Å². The minimum Gasteiger partial charge on any atom is -0.466 e. The highest BCUT2D eigenvalue weighted by molar-refractivity contribution is 5.70. The maximum Gasteiger partial charge on any atom is 0.307 e. The van der Waals surface area contributed by atoms with Crippen LogP contribution in [0.4, 0.5) is 0 Å². The van der Waals surface area contributed by atoms with E-state index >= 15 is 0 Å². The highest BCUT2D eigenvalue weighted by atomic mass is 16.5. The molecule has 1 saturated carbocycles. The van der Waals surface area contributed by atoms with Gasteiger partial charge in [0.15, 0.2) is 0 Å². The Kier molecular flexibility index (Phi) is 5.69. The van der Waals surface area contributed by atoms with Crippen LogP contribution >= 0.6 is 0 Å². The first-order valence-electron chi connectivity index (χ1n) is 6.15. The maximum atomic E-state index is 11.3. The molecular formula is C12H23NO2. The van der Waals surface area contributed by atoms with Crippen LogP contribution in [0.5, 0.6) is 0 Å². The first-order valence-corrected chi connectivity index (χ1v) is 6.15. The third-order valence-corrected chi connectivity index (χ3v) is 3.21. The Balaban J connectivity index is 2.30. The largest absolute Gasteiger partial charge is 0.466 e. The van der Waals surface area contributed by atoms with Gasteiger partial charge in [-0.25, -0.2) is 0 Å². The van der Waals surface area contributed by atoms with Crippen molar-refractivity contribution in [3.8, 4) is 0 Å². The maximum absolute atomic E-state index is 11.3. The Morgan fingerprint density at radius 3 is 2.47 bits per heavy atom. The molecular weight excluding hydrogens is 190 g/mol. The fraction of sp³-hybridized carbons (Fsp3) is 0.917. The first-order chi connectivity index (χ1) is 7.24. The molecule has 1 aliphatic rings. The van der Waals surface area contributed by atoms with Gasteiger partial charge < -0.3 is 10.5 Å². The molecule has 0 aromatic carbocycles. The van der Waals surface area contributed by atoms with Crippen molar-refractivity contribution in [3.05, 3.63) is 0 Å². The van der Waals surface area contributed by atoms with Gasteiger partial charge in [0, 0.05) is 6.04 Å². The predicted octanol–water partition coefficient (Wildman–Crippen LogP) is 2.24. The summed E-state index contributed by atoms with van der Waals surface area (Å²) in [6.07, 6.45) is 7.92. The zero-order valence-electron chi connectivity index (χ0n) is 9.71. The molecule has 1 fully saturated rings. The van der Waals surface area contributed by atoms with Crippen LogP contribution in [0.15, 0.2) is 0 Å². The smallest absolute Gasteiger partial charge is 0.307 e. The second-order valence-electron chi connectivity index (χ2n) is 4.42. The molecule has 0 amide bonds. The molecule has 0 aliphatic heterocycles. The van der Waals surface area contributed by atoms with E-state index in [4.69, 9.17) is 10.5 Å². The highest BCUT2D eigenvalue weighted by Gasteiger charge is 2.22. The van der Waals surface area contributed by atoms with E-state index < -0.39 is 0 Å². The number of hydrogen-bond donors (Lipinski definition) is 1. The van der Waals surface area contributed by atoms with Crippen molar-refractivity contribution < 1.29 is 9.53 Å². The number of carbonyl (C=O) groups is 1. The lowest BCUT2D eigenvalue weighted by Gasteiger charge is -2.21. The molecule has 1 aliphatic carbocycles. The molecule has 0 saturated heterocycles. The molecule has 1 rings (SSSR count). The zero-order chi connectivity index (χ0) is 11.1. The number of hydrogen-bond acceptors (Lipinski definition) is 3. The van der Waals surface area contributed by atoms with Gasteiger partial charge in [0.1, 0.15) is 0 Å².